The third-order valence-electron chi connectivity index (χ3n) is 5.00. The standard InChI is InChI=1S/C21H26N4O6/c1-11-8-12(24-9-15(25-23)13-4-2-3-5-14(13)22)6-7-16(11)30-21-20(29)19(28)18(27)17(10-26)31-21/h2-9,17-21,23-24,26-29H,10,22H2,1H3/b15-9-,25-23?. The molecular weight excluding hydrogens is 404 g/mol. The highest BCUT2D eigenvalue weighted by atomic mass is 16.7. The Morgan fingerprint density at radius 3 is 2.58 bits per heavy atom. The van der Waals surface area contributed by atoms with E-state index in [1.165, 1.54) is 0 Å². The van der Waals surface area contributed by atoms with Crippen molar-refractivity contribution < 1.29 is 29.9 Å². The molecule has 2 aromatic carbocycles. The molecule has 0 spiro atoms. The molecular formula is C21H26N4O6. The van der Waals surface area contributed by atoms with Gasteiger partial charge in [-0.3, -0.25) is 0 Å². The Balaban J connectivity index is 1.73. The van der Waals surface area contributed by atoms with Gasteiger partial charge in [-0.15, -0.1) is 0 Å². The lowest BCUT2D eigenvalue weighted by Crippen LogP contribution is -2.60. The highest BCUT2D eigenvalue weighted by Crippen LogP contribution is 2.28. The van der Waals surface area contributed by atoms with Crippen molar-refractivity contribution in [2.45, 2.75) is 37.6 Å². The Morgan fingerprint density at radius 2 is 1.94 bits per heavy atom. The highest BCUT2D eigenvalue weighted by Gasteiger charge is 2.44. The lowest BCUT2D eigenvalue weighted by molar-refractivity contribution is -0.277. The molecule has 10 heteroatoms. The van der Waals surface area contributed by atoms with E-state index < -0.39 is 37.3 Å². The Hall–Kier alpha value is -3.02. The fourth-order valence-corrected chi connectivity index (χ4v) is 3.21. The SMILES string of the molecule is Cc1cc(N/C=C(\N=N)c2ccccc2N)ccc1OC1OC(CO)C(O)C(O)C1O. The maximum absolute atomic E-state index is 10.1. The minimum absolute atomic E-state index is 0.359. The van der Waals surface area contributed by atoms with Gasteiger partial charge in [-0.05, 0) is 36.8 Å². The van der Waals surface area contributed by atoms with Crippen LogP contribution in [0.25, 0.3) is 5.70 Å². The Morgan fingerprint density at radius 1 is 1.19 bits per heavy atom. The van der Waals surface area contributed by atoms with E-state index >= 15 is 0 Å². The number of nitrogen functional groups attached to an aromatic ring is 1. The molecule has 1 aliphatic rings. The molecule has 166 valence electrons. The van der Waals surface area contributed by atoms with Crippen LogP contribution in [-0.2, 0) is 4.74 Å². The fourth-order valence-electron chi connectivity index (χ4n) is 3.21. The third kappa shape index (κ3) is 5.01. The van der Waals surface area contributed by atoms with E-state index in [4.69, 9.17) is 20.7 Å². The molecule has 2 aromatic rings. The van der Waals surface area contributed by atoms with Crippen LogP contribution in [0.5, 0.6) is 5.75 Å². The molecule has 0 amide bonds. The van der Waals surface area contributed by atoms with Gasteiger partial charge in [0.25, 0.3) is 0 Å². The number of aliphatic hydroxyl groups is 4. The van der Waals surface area contributed by atoms with Crippen molar-refractivity contribution >= 4 is 17.1 Å². The van der Waals surface area contributed by atoms with E-state index in [0.717, 1.165) is 0 Å². The van der Waals surface area contributed by atoms with Crippen molar-refractivity contribution in [1.29, 1.82) is 5.53 Å². The summed E-state index contributed by atoms with van der Waals surface area (Å²) < 4.78 is 11.0. The quantitative estimate of drug-likeness (QED) is 0.253. The van der Waals surface area contributed by atoms with Crippen molar-refractivity contribution in [3.05, 3.63) is 59.8 Å². The molecule has 8 N–H and O–H groups in total. The van der Waals surface area contributed by atoms with Crippen molar-refractivity contribution in [2.24, 2.45) is 5.11 Å². The molecule has 1 heterocycles. The minimum atomic E-state index is -1.51. The molecule has 0 aromatic heterocycles. The van der Waals surface area contributed by atoms with Crippen LogP contribution in [-0.4, -0.2) is 57.7 Å². The molecule has 3 rings (SSSR count). The van der Waals surface area contributed by atoms with Gasteiger partial charge in [0.1, 0.15) is 35.9 Å². The van der Waals surface area contributed by atoms with Crippen LogP contribution >= 0.6 is 0 Å². The van der Waals surface area contributed by atoms with Gasteiger partial charge in [-0.25, -0.2) is 5.53 Å². The summed E-state index contributed by atoms with van der Waals surface area (Å²) in [6.07, 6.45) is -5.20. The number of hydrogen-bond acceptors (Lipinski definition) is 10. The normalized spacial score (nSPS) is 26.4. The van der Waals surface area contributed by atoms with Gasteiger partial charge in [0.05, 0.1) is 6.61 Å². The van der Waals surface area contributed by atoms with Crippen molar-refractivity contribution in [3.63, 3.8) is 0 Å². The first-order valence-electron chi connectivity index (χ1n) is 9.62. The Labute approximate surface area is 179 Å². The number of benzene rings is 2. The topological polar surface area (TPSA) is 174 Å². The lowest BCUT2D eigenvalue weighted by Gasteiger charge is -2.39. The average molecular weight is 430 g/mol. The highest BCUT2D eigenvalue weighted by molar-refractivity contribution is 5.75. The molecule has 0 aliphatic carbocycles. The molecule has 5 unspecified atom stereocenters. The molecule has 1 fully saturated rings. The minimum Gasteiger partial charge on any atom is -0.462 e. The fraction of sp³-hybridized carbons (Fsp3) is 0.333. The summed E-state index contributed by atoms with van der Waals surface area (Å²) in [4.78, 5) is 0. The number of nitrogens with zero attached hydrogens (tertiary/aromatic N) is 1. The van der Waals surface area contributed by atoms with Crippen molar-refractivity contribution in [3.8, 4) is 5.75 Å². The summed E-state index contributed by atoms with van der Waals surface area (Å²) >= 11 is 0. The van der Waals surface area contributed by atoms with Gasteiger partial charge >= 0.3 is 0 Å². The summed E-state index contributed by atoms with van der Waals surface area (Å²) in [6.45, 7) is 1.24. The van der Waals surface area contributed by atoms with E-state index in [2.05, 4.69) is 10.4 Å². The monoisotopic (exact) mass is 430 g/mol. The molecule has 0 radical (unpaired) electrons. The number of nitrogens with two attached hydrogens (primary N) is 1. The smallest absolute Gasteiger partial charge is 0.229 e. The van der Waals surface area contributed by atoms with Crippen LogP contribution in [0.3, 0.4) is 0 Å². The van der Waals surface area contributed by atoms with Crippen molar-refractivity contribution in [1.82, 2.24) is 0 Å². The number of aliphatic hydroxyl groups excluding tert-OH is 4. The van der Waals surface area contributed by atoms with Gasteiger partial charge in [0.15, 0.2) is 0 Å². The molecule has 31 heavy (non-hydrogen) atoms. The largest absolute Gasteiger partial charge is 0.462 e. The zero-order valence-electron chi connectivity index (χ0n) is 16.8. The van der Waals surface area contributed by atoms with E-state index in [1.54, 1.807) is 55.6 Å². The second kappa shape index (κ2) is 9.86. The summed E-state index contributed by atoms with van der Waals surface area (Å²) in [5.41, 5.74) is 16.2. The predicted molar refractivity (Wildman–Crippen MR) is 113 cm³/mol. The molecule has 1 saturated heterocycles. The Kier molecular flexibility index (Phi) is 7.21. The van der Waals surface area contributed by atoms with Crippen LogP contribution < -0.4 is 15.8 Å². The zero-order chi connectivity index (χ0) is 22.5. The first kappa shape index (κ1) is 22.7. The van der Waals surface area contributed by atoms with E-state index in [9.17, 15) is 20.4 Å². The van der Waals surface area contributed by atoms with Crippen LogP contribution in [0, 0.1) is 12.5 Å². The number of ether oxygens (including phenoxy) is 2. The average Bonchev–Trinajstić information content (AvgIpc) is 2.77. The summed E-state index contributed by atoms with van der Waals surface area (Å²) in [5, 5.41) is 45.8. The number of nitrogens with one attached hydrogen (secondary N) is 2. The Bertz CT molecular complexity index is 951. The number of aryl methyl sites for hydroxylation is 1. The molecule has 10 nitrogen and oxygen atoms in total. The zero-order valence-corrected chi connectivity index (χ0v) is 16.8. The van der Waals surface area contributed by atoms with Gasteiger partial charge in [-0.2, -0.15) is 5.11 Å². The third-order valence-corrected chi connectivity index (χ3v) is 5.00. The van der Waals surface area contributed by atoms with Crippen LogP contribution in [0.2, 0.25) is 0 Å². The number of hydrogen-bond donors (Lipinski definition) is 7. The van der Waals surface area contributed by atoms with Gasteiger partial charge in [0, 0.05) is 23.1 Å². The maximum atomic E-state index is 10.1. The first-order chi connectivity index (χ1) is 14.8. The summed E-state index contributed by atoms with van der Waals surface area (Å²) in [5.74, 6) is 0.386. The van der Waals surface area contributed by atoms with Crippen LogP contribution in [0.1, 0.15) is 11.1 Å². The maximum Gasteiger partial charge on any atom is 0.229 e. The molecule has 0 bridgehead atoms. The second-order valence-corrected chi connectivity index (χ2v) is 7.17. The van der Waals surface area contributed by atoms with Gasteiger partial charge in [-0.1, -0.05) is 18.2 Å². The first-order valence-corrected chi connectivity index (χ1v) is 9.62. The van der Waals surface area contributed by atoms with E-state index in [1.807, 2.05) is 0 Å². The summed E-state index contributed by atoms with van der Waals surface area (Å²) in [6, 6.07) is 12.2. The van der Waals surface area contributed by atoms with Gasteiger partial charge < -0.3 is 41.0 Å². The second-order valence-electron chi connectivity index (χ2n) is 7.17. The van der Waals surface area contributed by atoms with Crippen LogP contribution in [0.15, 0.2) is 53.8 Å². The van der Waals surface area contributed by atoms with E-state index in [-0.39, 0.29) is 0 Å². The number of anilines is 2. The van der Waals surface area contributed by atoms with Gasteiger partial charge in [0.2, 0.25) is 6.29 Å². The predicted octanol–water partition coefficient (Wildman–Crippen LogP) is 1.20. The number of rotatable bonds is 7. The number of para-hydroxylation sites is 1. The molecule has 5 atom stereocenters. The van der Waals surface area contributed by atoms with Crippen LogP contribution in [0.4, 0.5) is 11.4 Å². The van der Waals surface area contributed by atoms with E-state index in [0.29, 0.717) is 33.9 Å². The van der Waals surface area contributed by atoms with Crippen molar-refractivity contribution in [2.75, 3.05) is 17.7 Å². The molecule has 1 aliphatic heterocycles. The molecule has 0 saturated carbocycles. The lowest BCUT2D eigenvalue weighted by atomic mass is 9.99. The summed E-state index contributed by atoms with van der Waals surface area (Å²) in [7, 11) is 0.